The van der Waals surface area contributed by atoms with Crippen molar-refractivity contribution < 1.29 is 4.79 Å². The highest BCUT2D eigenvalue weighted by Gasteiger charge is 2.35. The third-order valence-electron chi connectivity index (χ3n) is 3.55. The van der Waals surface area contributed by atoms with Crippen molar-refractivity contribution in [3.05, 3.63) is 35.4 Å². The summed E-state index contributed by atoms with van der Waals surface area (Å²) in [6.07, 6.45) is 1.85. The van der Waals surface area contributed by atoms with E-state index in [0.717, 1.165) is 17.4 Å². The Kier molecular flexibility index (Phi) is 5.06. The van der Waals surface area contributed by atoms with Crippen LogP contribution in [0.15, 0.2) is 24.3 Å². The van der Waals surface area contributed by atoms with E-state index in [-0.39, 0.29) is 5.92 Å². The summed E-state index contributed by atoms with van der Waals surface area (Å²) in [7, 11) is 0. The molecule has 0 amide bonds. The van der Waals surface area contributed by atoms with Crippen LogP contribution in [0, 0.1) is 17.2 Å². The zero-order chi connectivity index (χ0) is 13.6. The number of nitriles is 1. The average molecular weight is 244 g/mol. The van der Waals surface area contributed by atoms with Crippen LogP contribution in [0.2, 0.25) is 0 Å². The lowest BCUT2D eigenvalue weighted by Crippen LogP contribution is -2.30. The van der Waals surface area contributed by atoms with Gasteiger partial charge in [-0.05, 0) is 23.5 Å². The Morgan fingerprint density at radius 1 is 1.39 bits per heavy atom. The van der Waals surface area contributed by atoms with Crippen molar-refractivity contribution >= 4 is 6.29 Å². The number of aldehydes is 1. The van der Waals surface area contributed by atoms with Gasteiger partial charge in [-0.15, -0.1) is 0 Å². The number of hydrogen-bond acceptors (Lipinski definition) is 3. The molecule has 2 N–H and O–H groups in total. The van der Waals surface area contributed by atoms with E-state index < -0.39 is 5.41 Å². The normalized spacial score (nSPS) is 13.9. The molecule has 1 aromatic rings. The van der Waals surface area contributed by atoms with E-state index in [9.17, 15) is 10.1 Å². The zero-order valence-corrected chi connectivity index (χ0v) is 11.0. The van der Waals surface area contributed by atoms with Gasteiger partial charge in [0.15, 0.2) is 0 Å². The standard InChI is InChI=1S/C15H20N2O/c1-12(2)15(11-17,8-3-9-18)14-6-4-13(10-16)5-7-14/h4-7,9,12H,3,8,10,16H2,1-2H3. The van der Waals surface area contributed by atoms with Crippen LogP contribution in [0.3, 0.4) is 0 Å². The number of carbonyl (C=O) groups is 1. The SMILES string of the molecule is CC(C)C(C#N)(CCC=O)c1ccc(CN)cc1. The molecule has 1 atom stereocenters. The van der Waals surface area contributed by atoms with Gasteiger partial charge in [-0.25, -0.2) is 0 Å². The highest BCUT2D eigenvalue weighted by molar-refractivity contribution is 5.50. The maximum atomic E-state index is 10.6. The Morgan fingerprint density at radius 2 is 2.00 bits per heavy atom. The highest BCUT2D eigenvalue weighted by atomic mass is 16.1. The number of carbonyl (C=O) groups excluding carboxylic acids is 1. The summed E-state index contributed by atoms with van der Waals surface area (Å²) in [5.41, 5.74) is 7.00. The molecule has 0 aliphatic heterocycles. The van der Waals surface area contributed by atoms with E-state index in [1.807, 2.05) is 38.1 Å². The highest BCUT2D eigenvalue weighted by Crippen LogP contribution is 2.36. The van der Waals surface area contributed by atoms with Gasteiger partial charge in [0.05, 0.1) is 11.5 Å². The molecular formula is C15H20N2O. The van der Waals surface area contributed by atoms with Crippen LogP contribution in [0.5, 0.6) is 0 Å². The quantitative estimate of drug-likeness (QED) is 0.782. The van der Waals surface area contributed by atoms with Gasteiger partial charge in [-0.2, -0.15) is 5.26 Å². The lowest BCUT2D eigenvalue weighted by atomic mass is 9.70. The monoisotopic (exact) mass is 244 g/mol. The summed E-state index contributed by atoms with van der Waals surface area (Å²) in [6.45, 7) is 4.53. The molecule has 0 aromatic heterocycles. The molecule has 3 heteroatoms. The van der Waals surface area contributed by atoms with Crippen LogP contribution in [0.4, 0.5) is 0 Å². The minimum absolute atomic E-state index is 0.158. The molecule has 0 saturated carbocycles. The molecular weight excluding hydrogens is 224 g/mol. The molecule has 3 nitrogen and oxygen atoms in total. The number of nitrogens with two attached hydrogens (primary N) is 1. The third kappa shape index (κ3) is 2.77. The van der Waals surface area contributed by atoms with E-state index in [1.165, 1.54) is 0 Å². The molecule has 0 bridgehead atoms. The fraction of sp³-hybridized carbons (Fsp3) is 0.467. The van der Waals surface area contributed by atoms with Crippen LogP contribution in [-0.2, 0) is 16.8 Å². The molecule has 0 aliphatic carbocycles. The van der Waals surface area contributed by atoms with Gasteiger partial charge in [0, 0.05) is 13.0 Å². The maximum Gasteiger partial charge on any atom is 0.120 e. The Labute approximate surface area is 109 Å². The minimum Gasteiger partial charge on any atom is -0.326 e. The minimum atomic E-state index is -0.589. The van der Waals surface area contributed by atoms with Crippen LogP contribution in [0.25, 0.3) is 0 Å². The first-order valence-electron chi connectivity index (χ1n) is 6.25. The topological polar surface area (TPSA) is 66.9 Å². The molecule has 1 rings (SSSR count). The van der Waals surface area contributed by atoms with Gasteiger partial charge in [-0.1, -0.05) is 38.1 Å². The second kappa shape index (κ2) is 6.32. The number of benzene rings is 1. The Morgan fingerprint density at radius 3 is 2.39 bits per heavy atom. The summed E-state index contributed by atoms with van der Waals surface area (Å²) in [4.78, 5) is 10.6. The fourth-order valence-electron chi connectivity index (χ4n) is 2.24. The van der Waals surface area contributed by atoms with Crippen molar-refractivity contribution in [2.45, 2.75) is 38.6 Å². The van der Waals surface area contributed by atoms with Gasteiger partial charge in [-0.3, -0.25) is 0 Å². The Hall–Kier alpha value is -1.66. The largest absolute Gasteiger partial charge is 0.326 e. The second-order valence-corrected chi connectivity index (χ2v) is 4.84. The molecule has 18 heavy (non-hydrogen) atoms. The Balaban J connectivity index is 3.15. The molecule has 0 fully saturated rings. The predicted molar refractivity (Wildman–Crippen MR) is 71.8 cm³/mol. The maximum absolute atomic E-state index is 10.6. The third-order valence-corrected chi connectivity index (χ3v) is 3.55. The molecule has 0 spiro atoms. The van der Waals surface area contributed by atoms with Crippen LogP contribution in [-0.4, -0.2) is 6.29 Å². The summed E-state index contributed by atoms with van der Waals surface area (Å²) in [6, 6.07) is 10.2. The van der Waals surface area contributed by atoms with E-state index >= 15 is 0 Å². The molecule has 1 aromatic carbocycles. The van der Waals surface area contributed by atoms with Crippen molar-refractivity contribution in [2.75, 3.05) is 0 Å². The molecule has 96 valence electrons. The summed E-state index contributed by atoms with van der Waals surface area (Å²) in [5, 5.41) is 9.56. The van der Waals surface area contributed by atoms with Crippen LogP contribution >= 0.6 is 0 Å². The van der Waals surface area contributed by atoms with Crippen LogP contribution in [0.1, 0.15) is 37.8 Å². The summed E-state index contributed by atoms with van der Waals surface area (Å²) >= 11 is 0. The first-order chi connectivity index (χ1) is 8.60. The zero-order valence-electron chi connectivity index (χ0n) is 11.0. The van der Waals surface area contributed by atoms with Gasteiger partial charge in [0.2, 0.25) is 0 Å². The lowest BCUT2D eigenvalue weighted by molar-refractivity contribution is -0.108. The Bertz CT molecular complexity index is 431. The molecule has 0 radical (unpaired) electrons. The van der Waals surface area contributed by atoms with E-state index in [2.05, 4.69) is 6.07 Å². The average Bonchev–Trinajstić information content (AvgIpc) is 2.40. The van der Waals surface area contributed by atoms with Gasteiger partial charge >= 0.3 is 0 Å². The number of hydrogen-bond donors (Lipinski definition) is 1. The van der Waals surface area contributed by atoms with E-state index in [1.54, 1.807) is 0 Å². The smallest absolute Gasteiger partial charge is 0.120 e. The molecule has 0 heterocycles. The molecule has 0 saturated heterocycles. The molecule has 0 aliphatic rings. The first-order valence-corrected chi connectivity index (χ1v) is 6.25. The van der Waals surface area contributed by atoms with Gasteiger partial charge < -0.3 is 10.5 Å². The molecule has 1 unspecified atom stereocenters. The van der Waals surface area contributed by atoms with Crippen molar-refractivity contribution in [3.8, 4) is 6.07 Å². The predicted octanol–water partition coefficient (Wildman–Crippen LogP) is 2.54. The first kappa shape index (κ1) is 14.4. The number of rotatable bonds is 6. The van der Waals surface area contributed by atoms with Crippen molar-refractivity contribution in [1.82, 2.24) is 0 Å². The van der Waals surface area contributed by atoms with Gasteiger partial charge in [0.25, 0.3) is 0 Å². The summed E-state index contributed by atoms with van der Waals surface area (Å²) in [5.74, 6) is 0.158. The van der Waals surface area contributed by atoms with Crippen molar-refractivity contribution in [1.29, 1.82) is 5.26 Å². The lowest BCUT2D eigenvalue weighted by Gasteiger charge is -2.31. The van der Waals surface area contributed by atoms with Crippen molar-refractivity contribution in [3.63, 3.8) is 0 Å². The number of nitrogens with zero attached hydrogens (tertiary/aromatic N) is 1. The van der Waals surface area contributed by atoms with Gasteiger partial charge in [0.1, 0.15) is 6.29 Å². The fourth-order valence-corrected chi connectivity index (χ4v) is 2.24. The summed E-state index contributed by atoms with van der Waals surface area (Å²) < 4.78 is 0. The van der Waals surface area contributed by atoms with E-state index in [4.69, 9.17) is 5.73 Å². The van der Waals surface area contributed by atoms with Crippen molar-refractivity contribution in [2.24, 2.45) is 11.7 Å². The van der Waals surface area contributed by atoms with E-state index in [0.29, 0.717) is 19.4 Å². The second-order valence-electron chi connectivity index (χ2n) is 4.84. The van der Waals surface area contributed by atoms with Crippen LogP contribution < -0.4 is 5.73 Å².